The molecule has 0 saturated carbocycles. The first-order chi connectivity index (χ1) is 8.76. The Bertz CT molecular complexity index is 575. The molecule has 6 heteroatoms. The van der Waals surface area contributed by atoms with Crippen LogP contribution in [0, 0.1) is 0 Å². The third kappa shape index (κ3) is 2.65. The van der Waals surface area contributed by atoms with Gasteiger partial charge in [0.2, 0.25) is 0 Å². The van der Waals surface area contributed by atoms with Gasteiger partial charge in [0.15, 0.2) is 5.16 Å². The lowest BCUT2D eigenvalue weighted by atomic mass is 10.2. The molecule has 0 spiro atoms. The standard InChI is InChI=1S/C12H16N4OS/c1-3-16-11(17)14-15-12(16)18-10-7-5-4-6-9(10)8-13-2/h4-7,13H,3,8H2,1-2H3,(H,14,17). The van der Waals surface area contributed by atoms with Gasteiger partial charge in [0, 0.05) is 18.0 Å². The van der Waals surface area contributed by atoms with Crippen molar-refractivity contribution in [1.82, 2.24) is 20.1 Å². The molecule has 0 atom stereocenters. The van der Waals surface area contributed by atoms with Gasteiger partial charge in [0.1, 0.15) is 0 Å². The highest BCUT2D eigenvalue weighted by Crippen LogP contribution is 2.28. The van der Waals surface area contributed by atoms with Gasteiger partial charge in [-0.1, -0.05) is 18.2 Å². The second-order valence-corrected chi connectivity index (χ2v) is 4.80. The highest BCUT2D eigenvalue weighted by Gasteiger charge is 2.10. The Morgan fingerprint density at radius 2 is 2.22 bits per heavy atom. The Labute approximate surface area is 110 Å². The maximum Gasteiger partial charge on any atom is 0.343 e. The SMILES string of the molecule is CCn1c(Sc2ccccc2CNC)n[nH]c1=O. The lowest BCUT2D eigenvalue weighted by Crippen LogP contribution is -2.16. The van der Waals surface area contributed by atoms with Crippen LogP contribution in [-0.4, -0.2) is 21.8 Å². The van der Waals surface area contributed by atoms with Crippen molar-refractivity contribution in [3.63, 3.8) is 0 Å². The van der Waals surface area contributed by atoms with Gasteiger partial charge in [-0.3, -0.25) is 4.57 Å². The van der Waals surface area contributed by atoms with E-state index in [-0.39, 0.29) is 5.69 Å². The highest BCUT2D eigenvalue weighted by atomic mass is 32.2. The van der Waals surface area contributed by atoms with E-state index in [0.29, 0.717) is 11.7 Å². The average molecular weight is 264 g/mol. The molecule has 1 aromatic heterocycles. The molecule has 0 bridgehead atoms. The topological polar surface area (TPSA) is 62.7 Å². The van der Waals surface area contributed by atoms with Crippen LogP contribution in [0.5, 0.6) is 0 Å². The number of H-pyrrole nitrogens is 1. The molecule has 1 aromatic carbocycles. The number of nitrogens with one attached hydrogen (secondary N) is 2. The van der Waals surface area contributed by atoms with E-state index >= 15 is 0 Å². The summed E-state index contributed by atoms with van der Waals surface area (Å²) in [5.74, 6) is 0. The molecule has 0 aliphatic carbocycles. The lowest BCUT2D eigenvalue weighted by molar-refractivity contribution is 0.660. The van der Waals surface area contributed by atoms with E-state index in [1.54, 1.807) is 4.57 Å². The maximum absolute atomic E-state index is 11.5. The molecule has 0 amide bonds. The molecular formula is C12H16N4OS. The molecule has 18 heavy (non-hydrogen) atoms. The van der Waals surface area contributed by atoms with Gasteiger partial charge in [-0.15, -0.1) is 5.10 Å². The molecule has 96 valence electrons. The van der Waals surface area contributed by atoms with E-state index in [4.69, 9.17) is 0 Å². The van der Waals surface area contributed by atoms with Gasteiger partial charge >= 0.3 is 5.69 Å². The summed E-state index contributed by atoms with van der Waals surface area (Å²) in [6.07, 6.45) is 0. The monoisotopic (exact) mass is 264 g/mol. The van der Waals surface area contributed by atoms with Crippen LogP contribution in [0.1, 0.15) is 12.5 Å². The molecule has 0 saturated heterocycles. The van der Waals surface area contributed by atoms with E-state index in [9.17, 15) is 4.79 Å². The van der Waals surface area contributed by atoms with E-state index in [1.807, 2.05) is 32.2 Å². The van der Waals surface area contributed by atoms with Crippen molar-refractivity contribution in [2.75, 3.05) is 7.05 Å². The third-order valence-corrected chi connectivity index (χ3v) is 3.69. The molecular weight excluding hydrogens is 248 g/mol. The van der Waals surface area contributed by atoms with E-state index in [1.165, 1.54) is 17.3 Å². The molecule has 0 fully saturated rings. The molecule has 2 N–H and O–H groups in total. The van der Waals surface area contributed by atoms with Crippen molar-refractivity contribution in [2.24, 2.45) is 0 Å². The molecule has 0 unspecified atom stereocenters. The molecule has 2 rings (SSSR count). The van der Waals surface area contributed by atoms with Crippen LogP contribution in [-0.2, 0) is 13.1 Å². The quantitative estimate of drug-likeness (QED) is 0.858. The molecule has 0 aliphatic rings. The van der Waals surface area contributed by atoms with Crippen molar-refractivity contribution in [2.45, 2.75) is 30.1 Å². The fraction of sp³-hybridized carbons (Fsp3) is 0.333. The zero-order chi connectivity index (χ0) is 13.0. The van der Waals surface area contributed by atoms with Crippen LogP contribution in [0.2, 0.25) is 0 Å². The summed E-state index contributed by atoms with van der Waals surface area (Å²) >= 11 is 1.51. The van der Waals surface area contributed by atoms with Crippen LogP contribution in [0.25, 0.3) is 0 Å². The zero-order valence-corrected chi connectivity index (χ0v) is 11.3. The predicted molar refractivity (Wildman–Crippen MR) is 71.9 cm³/mol. The molecule has 0 radical (unpaired) electrons. The van der Waals surface area contributed by atoms with E-state index in [0.717, 1.165) is 11.4 Å². The number of aromatic nitrogens is 3. The number of nitrogens with zero attached hydrogens (tertiary/aromatic N) is 2. The molecule has 0 aliphatic heterocycles. The van der Waals surface area contributed by atoms with Crippen LogP contribution in [0.15, 0.2) is 39.1 Å². The normalized spacial score (nSPS) is 10.8. The van der Waals surface area contributed by atoms with Crippen LogP contribution < -0.4 is 11.0 Å². The van der Waals surface area contributed by atoms with Crippen LogP contribution in [0.3, 0.4) is 0 Å². The van der Waals surface area contributed by atoms with Crippen molar-refractivity contribution in [1.29, 1.82) is 0 Å². The second-order valence-electron chi connectivity index (χ2n) is 3.80. The minimum Gasteiger partial charge on any atom is -0.316 e. The first kappa shape index (κ1) is 12.9. The summed E-state index contributed by atoms with van der Waals surface area (Å²) in [4.78, 5) is 12.6. The Morgan fingerprint density at radius 3 is 2.94 bits per heavy atom. The smallest absolute Gasteiger partial charge is 0.316 e. The summed E-state index contributed by atoms with van der Waals surface area (Å²) in [7, 11) is 1.91. The zero-order valence-electron chi connectivity index (χ0n) is 10.4. The van der Waals surface area contributed by atoms with E-state index in [2.05, 4.69) is 21.6 Å². The highest BCUT2D eigenvalue weighted by molar-refractivity contribution is 7.99. The maximum atomic E-state index is 11.5. The van der Waals surface area contributed by atoms with Crippen LogP contribution >= 0.6 is 11.8 Å². The lowest BCUT2D eigenvalue weighted by Gasteiger charge is -2.08. The van der Waals surface area contributed by atoms with Crippen molar-refractivity contribution in [3.05, 3.63) is 40.3 Å². The summed E-state index contributed by atoms with van der Waals surface area (Å²) < 4.78 is 1.63. The number of hydrogen-bond acceptors (Lipinski definition) is 4. The Balaban J connectivity index is 2.31. The first-order valence-electron chi connectivity index (χ1n) is 5.81. The number of rotatable bonds is 5. The molecule has 1 heterocycles. The fourth-order valence-corrected chi connectivity index (χ4v) is 2.73. The number of aromatic amines is 1. The van der Waals surface area contributed by atoms with Crippen molar-refractivity contribution >= 4 is 11.8 Å². The first-order valence-corrected chi connectivity index (χ1v) is 6.63. The van der Waals surface area contributed by atoms with Gasteiger partial charge < -0.3 is 5.32 Å². The fourth-order valence-electron chi connectivity index (χ4n) is 1.70. The minimum absolute atomic E-state index is 0.161. The van der Waals surface area contributed by atoms with E-state index < -0.39 is 0 Å². The number of benzene rings is 1. The molecule has 5 nitrogen and oxygen atoms in total. The van der Waals surface area contributed by atoms with Gasteiger partial charge in [0.25, 0.3) is 0 Å². The summed E-state index contributed by atoms with van der Waals surface area (Å²) in [6.45, 7) is 3.34. The Morgan fingerprint density at radius 1 is 1.44 bits per heavy atom. The second kappa shape index (κ2) is 5.88. The van der Waals surface area contributed by atoms with Crippen LogP contribution in [0.4, 0.5) is 0 Å². The largest absolute Gasteiger partial charge is 0.343 e. The van der Waals surface area contributed by atoms with Crippen molar-refractivity contribution < 1.29 is 0 Å². The minimum atomic E-state index is -0.161. The van der Waals surface area contributed by atoms with Gasteiger partial charge in [-0.2, -0.15) is 0 Å². The van der Waals surface area contributed by atoms with Gasteiger partial charge in [-0.05, 0) is 37.4 Å². The van der Waals surface area contributed by atoms with Crippen molar-refractivity contribution in [3.8, 4) is 0 Å². The summed E-state index contributed by atoms with van der Waals surface area (Å²) in [6, 6.07) is 8.10. The molecule has 2 aromatic rings. The third-order valence-electron chi connectivity index (χ3n) is 2.58. The van der Waals surface area contributed by atoms with Gasteiger partial charge in [0.05, 0.1) is 0 Å². The Kier molecular flexibility index (Phi) is 4.22. The predicted octanol–water partition coefficient (Wildman–Crippen LogP) is 1.46. The summed E-state index contributed by atoms with van der Waals surface area (Å²) in [5.41, 5.74) is 1.04. The van der Waals surface area contributed by atoms with Gasteiger partial charge in [-0.25, -0.2) is 9.89 Å². The average Bonchev–Trinajstić information content (AvgIpc) is 2.72. The number of hydrogen-bond donors (Lipinski definition) is 2. The Hall–Kier alpha value is -1.53. The summed E-state index contributed by atoms with van der Waals surface area (Å²) in [5, 5.41) is 10.4.